The predicted molar refractivity (Wildman–Crippen MR) is 88.1 cm³/mol. The van der Waals surface area contributed by atoms with Crippen molar-refractivity contribution in [2.75, 3.05) is 5.75 Å². The van der Waals surface area contributed by atoms with E-state index in [-0.39, 0.29) is 11.5 Å². The minimum absolute atomic E-state index is 0.0464. The second kappa shape index (κ2) is 6.69. The smallest absolute Gasteiger partial charge is 0.157 e. The van der Waals surface area contributed by atoms with E-state index in [1.807, 2.05) is 18.2 Å². The average Bonchev–Trinajstić information content (AvgIpc) is 2.39. The molecule has 5 heteroatoms. The molecule has 1 atom stereocenters. The summed E-state index contributed by atoms with van der Waals surface area (Å²) in [4.78, 5) is 0. The van der Waals surface area contributed by atoms with Crippen LogP contribution in [0, 0.1) is 3.57 Å². The van der Waals surface area contributed by atoms with Gasteiger partial charge in [0.15, 0.2) is 9.84 Å². The van der Waals surface area contributed by atoms with Gasteiger partial charge in [0.25, 0.3) is 0 Å². The van der Waals surface area contributed by atoms with Crippen LogP contribution in [0.4, 0.5) is 0 Å². The molecule has 2 aromatic carbocycles. The van der Waals surface area contributed by atoms with E-state index in [2.05, 4.69) is 22.6 Å². The molecule has 106 valence electrons. The molecule has 3 nitrogen and oxygen atoms in total. The molecule has 0 bridgehead atoms. The normalized spacial score (nSPS) is 13.1. The Labute approximate surface area is 132 Å². The largest absolute Gasteiger partial charge is 0.387 e. The third-order valence-electron chi connectivity index (χ3n) is 2.90. The Morgan fingerprint density at radius 3 is 2.20 bits per heavy atom. The van der Waals surface area contributed by atoms with Crippen LogP contribution in [0.5, 0.6) is 0 Å². The molecule has 1 N–H and O–H groups in total. The second-order valence-electron chi connectivity index (χ2n) is 4.61. The van der Waals surface area contributed by atoms with E-state index in [4.69, 9.17) is 0 Å². The van der Waals surface area contributed by atoms with Gasteiger partial charge in [0.1, 0.15) is 0 Å². The zero-order chi connectivity index (χ0) is 14.6. The maximum Gasteiger partial charge on any atom is 0.157 e. The Balaban J connectivity index is 2.06. The van der Waals surface area contributed by atoms with Crippen molar-refractivity contribution < 1.29 is 13.5 Å². The van der Waals surface area contributed by atoms with Crippen molar-refractivity contribution >= 4 is 32.4 Å². The Bertz CT molecular complexity index is 651. The molecule has 0 radical (unpaired) electrons. The Hall–Kier alpha value is -0.920. The number of hydrogen-bond acceptors (Lipinski definition) is 3. The van der Waals surface area contributed by atoms with Crippen LogP contribution >= 0.6 is 22.6 Å². The number of sulfone groups is 1. The first-order chi connectivity index (χ1) is 9.46. The number of rotatable bonds is 5. The van der Waals surface area contributed by atoms with Crippen LogP contribution in [-0.4, -0.2) is 19.3 Å². The van der Waals surface area contributed by atoms with Crippen LogP contribution in [0.15, 0.2) is 54.6 Å². The summed E-state index contributed by atoms with van der Waals surface area (Å²) in [7, 11) is -3.34. The molecule has 1 unspecified atom stereocenters. The molecule has 0 spiro atoms. The lowest BCUT2D eigenvalue weighted by molar-refractivity contribution is 0.201. The first-order valence-corrected chi connectivity index (χ1v) is 9.04. The minimum atomic E-state index is -3.34. The van der Waals surface area contributed by atoms with E-state index in [0.717, 1.165) is 9.13 Å². The fourth-order valence-electron chi connectivity index (χ4n) is 1.91. The molecule has 0 heterocycles. The summed E-state index contributed by atoms with van der Waals surface area (Å²) < 4.78 is 25.2. The maximum atomic E-state index is 12.1. The van der Waals surface area contributed by atoms with Crippen LogP contribution in [-0.2, 0) is 15.6 Å². The van der Waals surface area contributed by atoms with Gasteiger partial charge in [0.05, 0.1) is 17.6 Å². The van der Waals surface area contributed by atoms with Crippen molar-refractivity contribution in [3.63, 3.8) is 0 Å². The summed E-state index contributed by atoms with van der Waals surface area (Å²) >= 11 is 2.16. The van der Waals surface area contributed by atoms with Crippen LogP contribution in [0.1, 0.15) is 17.2 Å². The fourth-order valence-corrected chi connectivity index (χ4v) is 3.76. The standard InChI is InChI=1S/C15H15IO3S/c16-14-8-6-13(7-9-14)15(17)11-20(18,19)10-12-4-2-1-3-5-12/h1-9,15,17H,10-11H2. The van der Waals surface area contributed by atoms with Gasteiger partial charge in [0.2, 0.25) is 0 Å². The topological polar surface area (TPSA) is 54.4 Å². The van der Waals surface area contributed by atoms with Crippen molar-refractivity contribution in [2.24, 2.45) is 0 Å². The lowest BCUT2D eigenvalue weighted by Gasteiger charge is -2.12. The van der Waals surface area contributed by atoms with Crippen molar-refractivity contribution in [3.8, 4) is 0 Å². The Morgan fingerprint density at radius 2 is 1.60 bits per heavy atom. The van der Waals surface area contributed by atoms with Gasteiger partial charge in [-0.15, -0.1) is 0 Å². The van der Waals surface area contributed by atoms with Crippen LogP contribution in [0.2, 0.25) is 0 Å². The molecule has 0 amide bonds. The van der Waals surface area contributed by atoms with E-state index in [9.17, 15) is 13.5 Å². The molecule has 20 heavy (non-hydrogen) atoms. The summed E-state index contributed by atoms with van der Waals surface area (Å²) in [6.45, 7) is 0. The van der Waals surface area contributed by atoms with E-state index in [0.29, 0.717) is 5.56 Å². The first kappa shape index (κ1) is 15.5. The van der Waals surface area contributed by atoms with Crippen LogP contribution < -0.4 is 0 Å². The molecule has 0 aliphatic heterocycles. The van der Waals surface area contributed by atoms with Gasteiger partial charge >= 0.3 is 0 Å². The van der Waals surface area contributed by atoms with Gasteiger partial charge in [-0.2, -0.15) is 0 Å². The number of benzene rings is 2. The van der Waals surface area contributed by atoms with Gasteiger partial charge in [-0.1, -0.05) is 42.5 Å². The first-order valence-electron chi connectivity index (χ1n) is 6.14. The van der Waals surface area contributed by atoms with Crippen LogP contribution in [0.25, 0.3) is 0 Å². The predicted octanol–water partition coefficient (Wildman–Crippen LogP) is 2.94. The van der Waals surface area contributed by atoms with E-state index in [1.54, 1.807) is 36.4 Å². The Kier molecular flexibility index (Phi) is 5.17. The maximum absolute atomic E-state index is 12.1. The van der Waals surface area contributed by atoms with Crippen LogP contribution in [0.3, 0.4) is 0 Å². The molecule has 0 aliphatic rings. The number of halogens is 1. The minimum Gasteiger partial charge on any atom is -0.387 e. The highest BCUT2D eigenvalue weighted by Gasteiger charge is 2.19. The average molecular weight is 402 g/mol. The lowest BCUT2D eigenvalue weighted by atomic mass is 10.1. The molecule has 2 rings (SSSR count). The summed E-state index contributed by atoms with van der Waals surface area (Å²) in [5.41, 5.74) is 1.37. The van der Waals surface area contributed by atoms with Crippen molar-refractivity contribution in [1.29, 1.82) is 0 Å². The summed E-state index contributed by atoms with van der Waals surface area (Å²) in [6, 6.07) is 16.2. The Morgan fingerprint density at radius 1 is 1.00 bits per heavy atom. The molecule has 0 saturated carbocycles. The molecular formula is C15H15IO3S. The highest BCUT2D eigenvalue weighted by molar-refractivity contribution is 14.1. The van der Waals surface area contributed by atoms with E-state index in [1.165, 1.54) is 0 Å². The second-order valence-corrected chi connectivity index (χ2v) is 7.96. The summed E-state index contributed by atoms with van der Waals surface area (Å²) in [5, 5.41) is 10.0. The summed E-state index contributed by atoms with van der Waals surface area (Å²) in [6.07, 6.45) is -0.985. The molecular weight excluding hydrogens is 387 g/mol. The van der Waals surface area contributed by atoms with Crippen molar-refractivity contribution in [2.45, 2.75) is 11.9 Å². The molecule has 2 aromatic rings. The van der Waals surface area contributed by atoms with Gasteiger partial charge < -0.3 is 5.11 Å². The van der Waals surface area contributed by atoms with Gasteiger partial charge in [-0.25, -0.2) is 8.42 Å². The van der Waals surface area contributed by atoms with E-state index >= 15 is 0 Å². The third kappa shape index (κ3) is 4.57. The van der Waals surface area contributed by atoms with Crippen molar-refractivity contribution in [3.05, 3.63) is 69.3 Å². The molecule has 0 saturated heterocycles. The third-order valence-corrected chi connectivity index (χ3v) is 5.21. The van der Waals surface area contributed by atoms with Gasteiger partial charge in [0, 0.05) is 3.57 Å². The van der Waals surface area contributed by atoms with E-state index < -0.39 is 15.9 Å². The summed E-state index contributed by atoms with van der Waals surface area (Å²) in [5.74, 6) is -0.308. The quantitative estimate of drug-likeness (QED) is 0.783. The lowest BCUT2D eigenvalue weighted by Crippen LogP contribution is -2.16. The van der Waals surface area contributed by atoms with Gasteiger partial charge in [-0.3, -0.25) is 0 Å². The van der Waals surface area contributed by atoms with Gasteiger partial charge in [-0.05, 0) is 45.9 Å². The molecule has 0 aromatic heterocycles. The number of aliphatic hydroxyl groups is 1. The zero-order valence-corrected chi connectivity index (χ0v) is 13.7. The SMILES string of the molecule is O=S(=O)(Cc1ccccc1)CC(O)c1ccc(I)cc1. The fraction of sp³-hybridized carbons (Fsp3) is 0.200. The number of aliphatic hydroxyl groups excluding tert-OH is 1. The number of hydrogen-bond donors (Lipinski definition) is 1. The monoisotopic (exact) mass is 402 g/mol. The van der Waals surface area contributed by atoms with Crippen molar-refractivity contribution in [1.82, 2.24) is 0 Å². The highest BCUT2D eigenvalue weighted by atomic mass is 127. The molecule has 0 aliphatic carbocycles. The molecule has 0 fully saturated rings. The highest BCUT2D eigenvalue weighted by Crippen LogP contribution is 2.18. The zero-order valence-electron chi connectivity index (χ0n) is 10.7.